The number of nitrogens with zero attached hydrogens (tertiary/aromatic N) is 3. The normalized spacial score (nSPS) is 11.2. The Bertz CT molecular complexity index is 758. The van der Waals surface area contributed by atoms with Gasteiger partial charge in [-0.15, -0.1) is 0 Å². The predicted octanol–water partition coefficient (Wildman–Crippen LogP) is 2.67. The van der Waals surface area contributed by atoms with E-state index in [-0.39, 0.29) is 5.91 Å². The van der Waals surface area contributed by atoms with Gasteiger partial charge in [0.05, 0.1) is 5.56 Å². The fourth-order valence-corrected chi connectivity index (χ4v) is 2.41. The number of aromatic nitrogens is 4. The number of hydrogen-bond donors (Lipinski definition) is 2. The molecule has 2 N–H and O–H groups in total. The topological polar surface area (TPSA) is 75.6 Å². The first kappa shape index (κ1) is 13.4. The molecule has 2 heterocycles. The molecule has 0 fully saturated rings. The third-order valence-electron chi connectivity index (χ3n) is 3.24. The number of amides is 1. The molecular formula is C15H17N5O. The second-order valence-corrected chi connectivity index (χ2v) is 5.39. The summed E-state index contributed by atoms with van der Waals surface area (Å²) >= 11 is 0. The molecule has 3 aromatic rings. The van der Waals surface area contributed by atoms with Crippen LogP contribution in [0.15, 0.2) is 36.8 Å². The van der Waals surface area contributed by atoms with Crippen LogP contribution in [0, 0.1) is 5.92 Å². The van der Waals surface area contributed by atoms with Gasteiger partial charge in [0.2, 0.25) is 5.95 Å². The van der Waals surface area contributed by atoms with Crippen molar-refractivity contribution >= 4 is 22.8 Å². The Morgan fingerprint density at radius 3 is 2.90 bits per heavy atom. The number of hydrogen-bond acceptors (Lipinski definition) is 3. The van der Waals surface area contributed by atoms with Gasteiger partial charge in [0.25, 0.3) is 5.91 Å². The third kappa shape index (κ3) is 2.65. The summed E-state index contributed by atoms with van der Waals surface area (Å²) in [4.78, 5) is 16.3. The Morgan fingerprint density at radius 2 is 2.19 bits per heavy atom. The number of carbonyl (C=O) groups excluding carboxylic acids is 1. The third-order valence-corrected chi connectivity index (χ3v) is 3.24. The zero-order valence-electron chi connectivity index (χ0n) is 12.0. The fraction of sp³-hybridized carbons (Fsp3) is 0.267. The molecule has 2 aromatic heterocycles. The number of nitrogens with one attached hydrogen (secondary N) is 2. The molecule has 6 nitrogen and oxygen atoms in total. The summed E-state index contributed by atoms with van der Waals surface area (Å²) in [5, 5.41) is 10.0. The maximum atomic E-state index is 12.4. The lowest BCUT2D eigenvalue weighted by Crippen LogP contribution is -2.12. The van der Waals surface area contributed by atoms with E-state index in [1.54, 1.807) is 0 Å². The molecule has 108 valence electrons. The standard InChI is InChI=1S/C15H17N5O/c1-10(2)7-20-8-12(11-5-3-4-6-13(11)20)14(21)18-15-16-9-17-19-15/h3-6,8-10H,7H2,1-2H3,(H2,16,17,18,19,21). The first-order valence-electron chi connectivity index (χ1n) is 6.89. The van der Waals surface area contributed by atoms with Crippen LogP contribution >= 0.6 is 0 Å². The van der Waals surface area contributed by atoms with Crippen LogP contribution in [0.25, 0.3) is 10.9 Å². The van der Waals surface area contributed by atoms with Crippen LogP contribution in [0.2, 0.25) is 0 Å². The molecule has 0 aliphatic heterocycles. The van der Waals surface area contributed by atoms with Gasteiger partial charge in [0.1, 0.15) is 6.33 Å². The Kier molecular flexibility index (Phi) is 3.43. The number of H-pyrrole nitrogens is 1. The summed E-state index contributed by atoms with van der Waals surface area (Å²) in [6.07, 6.45) is 3.26. The Labute approximate surface area is 122 Å². The molecule has 0 aliphatic rings. The lowest BCUT2D eigenvalue weighted by molar-refractivity contribution is 0.102. The van der Waals surface area contributed by atoms with Gasteiger partial charge in [0.15, 0.2) is 0 Å². The molecule has 1 amide bonds. The molecule has 0 spiro atoms. The van der Waals surface area contributed by atoms with Crippen LogP contribution in [-0.2, 0) is 6.54 Å². The Hall–Kier alpha value is -2.63. The molecule has 0 aliphatic carbocycles. The molecule has 0 saturated carbocycles. The molecule has 0 radical (unpaired) electrons. The first-order chi connectivity index (χ1) is 10.1. The van der Waals surface area contributed by atoms with E-state index in [4.69, 9.17) is 0 Å². The minimum absolute atomic E-state index is 0.189. The second-order valence-electron chi connectivity index (χ2n) is 5.39. The summed E-state index contributed by atoms with van der Waals surface area (Å²) in [6, 6.07) is 7.91. The highest BCUT2D eigenvalue weighted by Crippen LogP contribution is 2.23. The minimum atomic E-state index is -0.189. The van der Waals surface area contributed by atoms with E-state index < -0.39 is 0 Å². The fourth-order valence-electron chi connectivity index (χ4n) is 2.41. The molecule has 0 unspecified atom stereocenters. The van der Waals surface area contributed by atoms with Crippen LogP contribution < -0.4 is 5.32 Å². The predicted molar refractivity (Wildman–Crippen MR) is 81.1 cm³/mol. The molecule has 1 aromatic carbocycles. The summed E-state index contributed by atoms with van der Waals surface area (Å²) < 4.78 is 2.12. The monoisotopic (exact) mass is 283 g/mol. The Balaban J connectivity index is 1.99. The molecule has 0 saturated heterocycles. The zero-order chi connectivity index (χ0) is 14.8. The quantitative estimate of drug-likeness (QED) is 0.773. The number of benzene rings is 1. The average molecular weight is 283 g/mol. The lowest BCUT2D eigenvalue weighted by Gasteiger charge is -2.07. The maximum Gasteiger partial charge on any atom is 0.260 e. The number of rotatable bonds is 4. The van der Waals surface area contributed by atoms with Gasteiger partial charge in [-0.1, -0.05) is 32.0 Å². The van der Waals surface area contributed by atoms with E-state index in [2.05, 4.69) is 38.9 Å². The van der Waals surface area contributed by atoms with Gasteiger partial charge in [0, 0.05) is 23.6 Å². The number of aromatic amines is 1. The minimum Gasteiger partial charge on any atom is -0.346 e. The van der Waals surface area contributed by atoms with Crippen molar-refractivity contribution in [3.05, 3.63) is 42.4 Å². The van der Waals surface area contributed by atoms with E-state index >= 15 is 0 Å². The van der Waals surface area contributed by atoms with E-state index in [9.17, 15) is 4.79 Å². The van der Waals surface area contributed by atoms with Gasteiger partial charge >= 0.3 is 0 Å². The van der Waals surface area contributed by atoms with Crippen molar-refractivity contribution in [2.75, 3.05) is 5.32 Å². The summed E-state index contributed by atoms with van der Waals surface area (Å²) in [5.41, 5.74) is 1.71. The summed E-state index contributed by atoms with van der Waals surface area (Å²) in [5.74, 6) is 0.664. The number of fused-ring (bicyclic) bond motifs is 1. The van der Waals surface area contributed by atoms with Crippen molar-refractivity contribution in [3.63, 3.8) is 0 Å². The van der Waals surface area contributed by atoms with Gasteiger partial charge in [-0.3, -0.25) is 10.1 Å². The first-order valence-corrected chi connectivity index (χ1v) is 6.89. The maximum absolute atomic E-state index is 12.4. The van der Waals surface area contributed by atoms with Crippen molar-refractivity contribution in [1.82, 2.24) is 19.7 Å². The van der Waals surface area contributed by atoms with Gasteiger partial charge in [-0.05, 0) is 12.0 Å². The van der Waals surface area contributed by atoms with Crippen LogP contribution in [0.5, 0.6) is 0 Å². The highest BCUT2D eigenvalue weighted by Gasteiger charge is 2.16. The highest BCUT2D eigenvalue weighted by atomic mass is 16.1. The number of para-hydroxylation sites is 1. The largest absolute Gasteiger partial charge is 0.346 e. The van der Waals surface area contributed by atoms with E-state index in [1.807, 2.05) is 30.5 Å². The van der Waals surface area contributed by atoms with Gasteiger partial charge < -0.3 is 4.57 Å². The van der Waals surface area contributed by atoms with Crippen molar-refractivity contribution in [1.29, 1.82) is 0 Å². The molecule has 21 heavy (non-hydrogen) atoms. The molecule has 6 heteroatoms. The second kappa shape index (κ2) is 5.40. The Morgan fingerprint density at radius 1 is 1.38 bits per heavy atom. The lowest BCUT2D eigenvalue weighted by atomic mass is 10.1. The molecule has 3 rings (SSSR count). The van der Waals surface area contributed by atoms with E-state index in [0.717, 1.165) is 17.4 Å². The van der Waals surface area contributed by atoms with Crippen LogP contribution in [0.4, 0.5) is 5.95 Å². The number of anilines is 1. The zero-order valence-corrected chi connectivity index (χ0v) is 12.0. The van der Waals surface area contributed by atoms with E-state index in [1.165, 1.54) is 6.33 Å². The SMILES string of the molecule is CC(C)Cn1cc(C(=O)Nc2ncn[nH]2)c2ccccc21. The van der Waals surface area contributed by atoms with Crippen LogP contribution in [-0.4, -0.2) is 25.7 Å². The average Bonchev–Trinajstić information content (AvgIpc) is 3.07. The van der Waals surface area contributed by atoms with E-state index in [0.29, 0.717) is 17.4 Å². The van der Waals surface area contributed by atoms with Crippen molar-refractivity contribution < 1.29 is 4.79 Å². The van der Waals surface area contributed by atoms with Gasteiger partial charge in [-0.2, -0.15) is 10.1 Å². The molecular weight excluding hydrogens is 266 g/mol. The molecule has 0 bridgehead atoms. The van der Waals surface area contributed by atoms with Crippen molar-refractivity contribution in [3.8, 4) is 0 Å². The van der Waals surface area contributed by atoms with Gasteiger partial charge in [-0.25, -0.2) is 5.10 Å². The molecule has 0 atom stereocenters. The van der Waals surface area contributed by atoms with Crippen molar-refractivity contribution in [2.45, 2.75) is 20.4 Å². The number of carbonyl (C=O) groups is 1. The van der Waals surface area contributed by atoms with Crippen LogP contribution in [0.1, 0.15) is 24.2 Å². The smallest absolute Gasteiger partial charge is 0.260 e. The van der Waals surface area contributed by atoms with Crippen molar-refractivity contribution in [2.24, 2.45) is 5.92 Å². The highest BCUT2D eigenvalue weighted by molar-refractivity contribution is 6.12. The summed E-state index contributed by atoms with van der Waals surface area (Å²) in [6.45, 7) is 5.18. The summed E-state index contributed by atoms with van der Waals surface area (Å²) in [7, 11) is 0. The van der Waals surface area contributed by atoms with Crippen LogP contribution in [0.3, 0.4) is 0 Å².